The molecule has 2 rings (SSSR count). The monoisotopic (exact) mass is 524 g/mol. The maximum atomic E-state index is 13.6. The van der Waals surface area contributed by atoms with Gasteiger partial charge in [0.2, 0.25) is 5.95 Å². The Morgan fingerprint density at radius 3 is 1.74 bits per heavy atom. The quantitative estimate of drug-likeness (QED) is 0.527. The minimum absolute atomic E-state index is 0.317. The lowest BCUT2D eigenvalue weighted by atomic mass is 10.0. The van der Waals surface area contributed by atoms with E-state index in [0.29, 0.717) is 35.7 Å². The highest BCUT2D eigenvalue weighted by Gasteiger charge is 2.83. The number of nitrogens with zero attached hydrogens (tertiary/aromatic N) is 2. The Morgan fingerprint density at radius 1 is 0.824 bits per heavy atom. The average Bonchev–Trinajstić information content (AvgIpc) is 2.65. The van der Waals surface area contributed by atoms with Crippen molar-refractivity contribution in [3.63, 3.8) is 0 Å². The van der Waals surface area contributed by atoms with Gasteiger partial charge in [0, 0.05) is 17.1 Å². The van der Waals surface area contributed by atoms with Gasteiger partial charge in [-0.2, -0.15) is 39.5 Å². The molecule has 2 aromatic rings. The number of hydrogen-bond acceptors (Lipinski definition) is 5. The van der Waals surface area contributed by atoms with Crippen LogP contribution in [0.2, 0.25) is 0 Å². The van der Waals surface area contributed by atoms with Gasteiger partial charge in [-0.3, -0.25) is 4.79 Å². The summed E-state index contributed by atoms with van der Waals surface area (Å²) in [5, 5.41) is 1.05. The van der Waals surface area contributed by atoms with Gasteiger partial charge < -0.3 is 5.32 Å². The molecule has 0 saturated heterocycles. The van der Waals surface area contributed by atoms with Crippen molar-refractivity contribution < 1.29 is 52.7 Å². The third kappa shape index (κ3) is 5.02. The lowest BCUT2D eigenvalue weighted by Gasteiger charge is -2.32. The minimum Gasteiger partial charge on any atom is -0.321 e. The van der Waals surface area contributed by atoms with Crippen LogP contribution in [0.1, 0.15) is 11.4 Å². The summed E-state index contributed by atoms with van der Waals surface area (Å²) < 4.78 is 143. The van der Waals surface area contributed by atoms with E-state index < -0.39 is 50.5 Å². The molecule has 1 heterocycles. The largest absolute Gasteiger partial charge is 0.460 e. The van der Waals surface area contributed by atoms with Gasteiger partial charge in [-0.15, -0.1) is 0 Å². The zero-order valence-corrected chi connectivity index (χ0v) is 17.6. The number of alkyl halides is 9. The predicted molar refractivity (Wildman–Crippen MR) is 98.3 cm³/mol. The van der Waals surface area contributed by atoms with Crippen LogP contribution in [0.15, 0.2) is 35.2 Å². The van der Waals surface area contributed by atoms with E-state index >= 15 is 0 Å². The highest BCUT2D eigenvalue weighted by Crippen LogP contribution is 2.53. The number of sulfonamides is 1. The van der Waals surface area contributed by atoms with E-state index in [4.69, 9.17) is 0 Å². The second kappa shape index (κ2) is 8.59. The van der Waals surface area contributed by atoms with Crippen LogP contribution in [0.5, 0.6) is 0 Å². The number of hydrogen-bond donors (Lipinski definition) is 2. The van der Waals surface area contributed by atoms with Crippen LogP contribution in [0, 0.1) is 13.8 Å². The van der Waals surface area contributed by atoms with E-state index in [1.165, 1.54) is 0 Å². The number of aryl methyl sites for hydroxylation is 2. The summed E-state index contributed by atoms with van der Waals surface area (Å²) in [6, 6.07) is 4.14. The molecule has 0 fully saturated rings. The molecule has 17 heteroatoms. The van der Waals surface area contributed by atoms with Crippen molar-refractivity contribution >= 4 is 27.6 Å². The van der Waals surface area contributed by atoms with Gasteiger partial charge in [0.05, 0.1) is 4.90 Å². The van der Waals surface area contributed by atoms with Crippen molar-refractivity contribution in [3.8, 4) is 0 Å². The number of aromatic nitrogens is 2. The highest BCUT2D eigenvalue weighted by atomic mass is 32.2. The lowest BCUT2D eigenvalue weighted by molar-refractivity contribution is -0.388. The van der Waals surface area contributed by atoms with Crippen LogP contribution in [-0.4, -0.2) is 48.2 Å². The molecular formula is C17H13F9N4O3S. The van der Waals surface area contributed by atoms with Crippen LogP contribution in [0.3, 0.4) is 0 Å². The zero-order chi connectivity index (χ0) is 26.3. The molecule has 0 bridgehead atoms. The first kappa shape index (κ1) is 27.1. The summed E-state index contributed by atoms with van der Waals surface area (Å²) in [7, 11) is -4.36. The molecule has 0 spiro atoms. The average molecular weight is 524 g/mol. The smallest absolute Gasteiger partial charge is 0.321 e. The maximum absolute atomic E-state index is 13.6. The maximum Gasteiger partial charge on any atom is 0.460 e. The van der Waals surface area contributed by atoms with Crippen LogP contribution in [0.25, 0.3) is 0 Å². The molecule has 0 aliphatic carbocycles. The lowest BCUT2D eigenvalue weighted by Crippen LogP contribution is -2.64. The number of carbonyl (C=O) groups excluding carboxylic acids is 1. The fourth-order valence-electron chi connectivity index (χ4n) is 2.40. The first-order valence-corrected chi connectivity index (χ1v) is 10.2. The van der Waals surface area contributed by atoms with Crippen molar-refractivity contribution in [2.75, 3.05) is 10.0 Å². The molecule has 0 saturated carbocycles. The summed E-state index contributed by atoms with van der Waals surface area (Å²) in [6.45, 7) is 3.10. The zero-order valence-electron chi connectivity index (χ0n) is 16.8. The van der Waals surface area contributed by atoms with E-state index in [1.54, 1.807) is 19.9 Å². The van der Waals surface area contributed by atoms with E-state index in [-0.39, 0.29) is 5.95 Å². The molecule has 34 heavy (non-hydrogen) atoms. The van der Waals surface area contributed by atoms with Gasteiger partial charge in [0.15, 0.2) is 0 Å². The number of amides is 1. The van der Waals surface area contributed by atoms with Crippen LogP contribution < -0.4 is 10.0 Å². The van der Waals surface area contributed by atoms with Gasteiger partial charge in [0.25, 0.3) is 10.0 Å². The SMILES string of the molecule is Cc1cc(C)nc(NS(=O)(=O)c2ccc(NC(=O)C(F)(F)C(F)(F)C(F)(F)C(F)(F)F)cc2)n1. The van der Waals surface area contributed by atoms with Gasteiger partial charge >= 0.3 is 29.9 Å². The number of halogens is 9. The van der Waals surface area contributed by atoms with Crippen LogP contribution in [-0.2, 0) is 14.8 Å². The molecule has 0 aliphatic rings. The molecule has 1 aromatic heterocycles. The van der Waals surface area contributed by atoms with E-state index in [9.17, 15) is 52.7 Å². The molecule has 1 aromatic carbocycles. The first-order chi connectivity index (χ1) is 15.2. The van der Waals surface area contributed by atoms with Gasteiger partial charge in [-0.25, -0.2) is 23.1 Å². The minimum atomic E-state index is -7.24. The first-order valence-electron chi connectivity index (χ1n) is 8.69. The summed E-state index contributed by atoms with van der Waals surface area (Å²) in [4.78, 5) is 18.6. The van der Waals surface area contributed by atoms with Crippen molar-refractivity contribution in [1.82, 2.24) is 9.97 Å². The topological polar surface area (TPSA) is 101 Å². The number of carbonyl (C=O) groups is 1. The molecule has 0 atom stereocenters. The van der Waals surface area contributed by atoms with E-state index in [1.807, 2.05) is 4.72 Å². The van der Waals surface area contributed by atoms with Crippen molar-refractivity contribution in [2.45, 2.75) is 42.7 Å². The Balaban J connectivity index is 2.24. The number of rotatable bonds is 7. The van der Waals surface area contributed by atoms with Crippen molar-refractivity contribution in [3.05, 3.63) is 41.7 Å². The fraction of sp³-hybridized carbons (Fsp3) is 0.353. The Bertz CT molecular complexity index is 1160. The third-order valence-electron chi connectivity index (χ3n) is 4.06. The summed E-state index contributed by atoms with van der Waals surface area (Å²) >= 11 is 0. The molecule has 1 amide bonds. The molecule has 7 nitrogen and oxygen atoms in total. The van der Waals surface area contributed by atoms with Gasteiger partial charge in [0.1, 0.15) is 0 Å². The van der Waals surface area contributed by atoms with Crippen molar-refractivity contribution in [1.29, 1.82) is 0 Å². The number of nitrogens with one attached hydrogen (secondary N) is 2. The predicted octanol–water partition coefficient (Wildman–Crippen LogP) is 4.30. The van der Waals surface area contributed by atoms with Gasteiger partial charge in [-0.1, -0.05) is 0 Å². The second-order valence-corrected chi connectivity index (χ2v) is 8.46. The molecule has 0 unspecified atom stereocenters. The molecular weight excluding hydrogens is 511 g/mol. The summed E-state index contributed by atoms with van der Waals surface area (Å²) in [5.41, 5.74) is 0.0200. The fourth-order valence-corrected chi connectivity index (χ4v) is 3.34. The normalized spacial score (nSPS) is 13.5. The Morgan fingerprint density at radius 2 is 1.29 bits per heavy atom. The highest BCUT2D eigenvalue weighted by molar-refractivity contribution is 7.92. The van der Waals surface area contributed by atoms with Gasteiger partial charge in [-0.05, 0) is 44.2 Å². The Kier molecular flexibility index (Phi) is 6.86. The molecule has 188 valence electrons. The number of benzene rings is 1. The molecule has 0 aliphatic heterocycles. The van der Waals surface area contributed by atoms with E-state index in [2.05, 4.69) is 9.97 Å². The molecule has 0 radical (unpaired) electrons. The second-order valence-electron chi connectivity index (χ2n) is 6.78. The summed E-state index contributed by atoms with van der Waals surface area (Å²) in [5.74, 6) is -24.4. The van der Waals surface area contributed by atoms with Crippen LogP contribution >= 0.6 is 0 Å². The van der Waals surface area contributed by atoms with Crippen LogP contribution in [0.4, 0.5) is 51.1 Å². The van der Waals surface area contributed by atoms with Crippen molar-refractivity contribution in [2.24, 2.45) is 0 Å². The summed E-state index contributed by atoms with van der Waals surface area (Å²) in [6.07, 6.45) is -7.08. The Hall–Kier alpha value is -3.11. The number of anilines is 2. The standard InChI is InChI=1S/C17H13F9N4O3S/c1-8-7-9(2)28-13(27-8)30-34(32,33)11-5-3-10(4-6-11)29-12(31)14(18,19)15(20,21)16(22,23)17(24,25)26/h3-7H,1-2H3,(H,29,31)(H,27,28,30). The third-order valence-corrected chi connectivity index (χ3v) is 5.40. The molecule has 2 N–H and O–H groups in total. The Labute approximate surface area is 185 Å². The van der Waals surface area contributed by atoms with E-state index in [0.717, 1.165) is 5.32 Å².